The lowest BCUT2D eigenvalue weighted by Crippen LogP contribution is -2.53. The van der Waals surface area contributed by atoms with Crippen molar-refractivity contribution in [2.45, 2.75) is 84.3 Å². The van der Waals surface area contributed by atoms with E-state index < -0.39 is 47.2 Å². The quantitative estimate of drug-likeness (QED) is 0.386. The fourth-order valence-corrected chi connectivity index (χ4v) is 4.36. The van der Waals surface area contributed by atoms with E-state index in [1.165, 1.54) is 16.7 Å². The zero-order valence-corrected chi connectivity index (χ0v) is 22.8. The monoisotopic (exact) mass is 522 g/mol. The van der Waals surface area contributed by atoms with Crippen LogP contribution < -0.4 is 5.32 Å². The molecule has 9 nitrogen and oxygen atoms in total. The Morgan fingerprint density at radius 1 is 1.03 bits per heavy atom. The van der Waals surface area contributed by atoms with Gasteiger partial charge in [-0.3, -0.25) is 9.59 Å². The van der Waals surface area contributed by atoms with E-state index in [0.29, 0.717) is 19.4 Å². The average Bonchev–Trinajstić information content (AvgIpc) is 3.24. The van der Waals surface area contributed by atoms with Crippen molar-refractivity contribution in [2.75, 3.05) is 18.1 Å². The molecule has 0 saturated carbocycles. The van der Waals surface area contributed by atoms with Crippen molar-refractivity contribution in [3.05, 3.63) is 35.9 Å². The molecule has 1 heterocycles. The van der Waals surface area contributed by atoms with Gasteiger partial charge >= 0.3 is 18.0 Å². The van der Waals surface area contributed by atoms with Gasteiger partial charge in [0.2, 0.25) is 5.91 Å². The lowest BCUT2D eigenvalue weighted by atomic mass is 10.2. The molecular weight excluding hydrogens is 484 g/mol. The minimum absolute atomic E-state index is 0.0135. The summed E-state index contributed by atoms with van der Waals surface area (Å²) in [6.45, 7) is 11.0. The number of carbonyl (C=O) groups excluding carboxylic acids is 4. The molecule has 1 N–H and O–H groups in total. The van der Waals surface area contributed by atoms with Crippen molar-refractivity contribution in [3.63, 3.8) is 0 Å². The molecule has 0 spiro atoms. The van der Waals surface area contributed by atoms with E-state index in [1.807, 2.05) is 30.3 Å². The van der Waals surface area contributed by atoms with E-state index in [2.05, 4.69) is 5.32 Å². The number of ether oxygens (including phenoxy) is 3. The fraction of sp³-hybridized carbons (Fsp3) is 0.615. The van der Waals surface area contributed by atoms with Gasteiger partial charge in [0.25, 0.3) is 0 Å². The van der Waals surface area contributed by atoms with E-state index in [4.69, 9.17) is 14.2 Å². The summed E-state index contributed by atoms with van der Waals surface area (Å²) >= 11 is 1.17. The van der Waals surface area contributed by atoms with E-state index in [0.717, 1.165) is 5.56 Å². The largest absolute Gasteiger partial charge is 0.459 e. The maximum atomic E-state index is 13.5. The third-order valence-electron chi connectivity index (χ3n) is 4.95. The first kappa shape index (κ1) is 29.5. The van der Waals surface area contributed by atoms with Crippen LogP contribution in [0.5, 0.6) is 0 Å². The number of nitrogens with one attached hydrogen (secondary N) is 1. The van der Waals surface area contributed by atoms with Gasteiger partial charge in [0, 0.05) is 12.3 Å². The molecule has 2 unspecified atom stereocenters. The van der Waals surface area contributed by atoms with Crippen LogP contribution in [0.25, 0.3) is 0 Å². The molecular formula is C26H38N2O7S. The van der Waals surface area contributed by atoms with Gasteiger partial charge in [-0.15, -0.1) is 11.8 Å². The van der Waals surface area contributed by atoms with Crippen LogP contribution in [0, 0.1) is 0 Å². The first-order chi connectivity index (χ1) is 16.7. The van der Waals surface area contributed by atoms with Crippen LogP contribution in [0.4, 0.5) is 4.79 Å². The fourth-order valence-electron chi connectivity index (χ4n) is 3.56. The zero-order chi connectivity index (χ0) is 26.9. The predicted molar refractivity (Wildman–Crippen MR) is 137 cm³/mol. The molecule has 1 aliphatic heterocycles. The molecule has 2 rings (SSSR count). The minimum atomic E-state index is -0.991. The van der Waals surface area contributed by atoms with Crippen molar-refractivity contribution in [1.29, 1.82) is 0 Å². The number of carbonyl (C=O) groups is 4. The maximum absolute atomic E-state index is 13.5. The zero-order valence-electron chi connectivity index (χ0n) is 22.0. The Labute approximate surface area is 217 Å². The highest BCUT2D eigenvalue weighted by Gasteiger charge is 2.39. The van der Waals surface area contributed by atoms with Gasteiger partial charge in [-0.25, -0.2) is 9.59 Å². The number of amides is 2. The summed E-state index contributed by atoms with van der Waals surface area (Å²) < 4.78 is 16.1. The second-order valence-corrected chi connectivity index (χ2v) is 11.6. The smallest absolute Gasteiger partial charge is 0.408 e. The molecule has 200 valence electrons. The molecule has 0 bridgehead atoms. The van der Waals surface area contributed by atoms with Crippen molar-refractivity contribution in [2.24, 2.45) is 0 Å². The third-order valence-corrected chi connectivity index (χ3v) is 5.95. The summed E-state index contributed by atoms with van der Waals surface area (Å²) in [6, 6.07) is 7.57. The van der Waals surface area contributed by atoms with Crippen molar-refractivity contribution < 1.29 is 33.4 Å². The summed E-state index contributed by atoms with van der Waals surface area (Å²) in [4.78, 5) is 52.3. The van der Waals surface area contributed by atoms with Gasteiger partial charge in [-0.1, -0.05) is 30.3 Å². The maximum Gasteiger partial charge on any atom is 0.408 e. The number of nitrogens with zero attached hydrogens (tertiary/aromatic N) is 1. The van der Waals surface area contributed by atoms with Gasteiger partial charge in [0.05, 0.1) is 5.75 Å². The Balaban J connectivity index is 2.05. The molecule has 1 aliphatic rings. The lowest BCUT2D eigenvalue weighted by molar-refractivity contribution is -0.154. The molecule has 36 heavy (non-hydrogen) atoms. The normalized spacial score (nSPS) is 16.7. The van der Waals surface area contributed by atoms with E-state index in [-0.39, 0.29) is 18.1 Å². The highest BCUT2D eigenvalue weighted by Crippen LogP contribution is 2.22. The molecule has 1 aromatic rings. The highest BCUT2D eigenvalue weighted by atomic mass is 32.2. The molecule has 0 aromatic heterocycles. The summed E-state index contributed by atoms with van der Waals surface area (Å²) in [6.07, 6.45) is 0.367. The summed E-state index contributed by atoms with van der Waals surface area (Å²) in [5, 5.41) is 2.61. The van der Waals surface area contributed by atoms with Crippen LogP contribution in [-0.2, 0) is 35.2 Å². The SMILES string of the molecule is CC(C)(C)OC(=O)CSCC(NC(=O)OC(C)(C)C)C(=O)N1CCCC1C(=O)OCc1ccccc1. The third kappa shape index (κ3) is 10.5. The molecule has 1 saturated heterocycles. The average molecular weight is 523 g/mol. The second-order valence-electron chi connectivity index (χ2n) is 10.6. The lowest BCUT2D eigenvalue weighted by Gasteiger charge is -2.29. The molecule has 2 amide bonds. The predicted octanol–water partition coefficient (Wildman–Crippen LogP) is 3.69. The number of thioether (sulfide) groups is 1. The van der Waals surface area contributed by atoms with E-state index in [9.17, 15) is 19.2 Å². The second kappa shape index (κ2) is 13.0. The van der Waals surface area contributed by atoms with Crippen molar-refractivity contribution >= 4 is 35.7 Å². The first-order valence-electron chi connectivity index (χ1n) is 12.1. The minimum Gasteiger partial charge on any atom is -0.459 e. The Hall–Kier alpha value is -2.75. The summed E-state index contributed by atoms with van der Waals surface area (Å²) in [5.41, 5.74) is -0.520. The number of alkyl carbamates (subject to hydrolysis) is 1. The van der Waals surface area contributed by atoms with Crippen molar-refractivity contribution in [1.82, 2.24) is 10.2 Å². The number of likely N-dealkylation sites (tertiary alicyclic amines) is 1. The van der Waals surface area contributed by atoms with Gasteiger partial charge in [-0.2, -0.15) is 0 Å². The Kier molecular flexibility index (Phi) is 10.6. The molecule has 10 heteroatoms. The van der Waals surface area contributed by atoms with Crippen LogP contribution in [0.15, 0.2) is 30.3 Å². The molecule has 0 radical (unpaired) electrons. The topological polar surface area (TPSA) is 111 Å². The van der Waals surface area contributed by atoms with E-state index in [1.54, 1.807) is 41.5 Å². The van der Waals surface area contributed by atoms with E-state index >= 15 is 0 Å². The summed E-state index contributed by atoms with van der Waals surface area (Å²) in [7, 11) is 0. The van der Waals surface area contributed by atoms with Gasteiger partial charge in [0.1, 0.15) is 29.9 Å². The number of hydrogen-bond acceptors (Lipinski definition) is 8. The molecule has 1 fully saturated rings. The van der Waals surface area contributed by atoms with Gasteiger partial charge < -0.3 is 24.4 Å². The van der Waals surface area contributed by atoms with Crippen LogP contribution >= 0.6 is 11.8 Å². The first-order valence-corrected chi connectivity index (χ1v) is 13.2. The highest BCUT2D eigenvalue weighted by molar-refractivity contribution is 8.00. The summed E-state index contributed by atoms with van der Waals surface area (Å²) in [5.74, 6) is -1.20. The number of esters is 2. The van der Waals surface area contributed by atoms with Crippen LogP contribution in [0.2, 0.25) is 0 Å². The molecule has 1 aromatic carbocycles. The van der Waals surface area contributed by atoms with Gasteiger partial charge in [0.15, 0.2) is 0 Å². The van der Waals surface area contributed by atoms with Crippen LogP contribution in [0.1, 0.15) is 59.9 Å². The Morgan fingerprint density at radius 2 is 1.67 bits per heavy atom. The molecule has 2 atom stereocenters. The van der Waals surface area contributed by atoms with Crippen LogP contribution in [-0.4, -0.2) is 70.2 Å². The standard InChI is InChI=1S/C26H38N2O7S/c1-25(2,3)34-21(29)17-36-16-19(27-24(32)35-26(4,5)6)22(30)28-14-10-13-20(28)23(31)33-15-18-11-8-7-9-12-18/h7-9,11-12,19-20H,10,13-17H2,1-6H3,(H,27,32). The number of benzene rings is 1. The van der Waals surface area contributed by atoms with Crippen molar-refractivity contribution in [3.8, 4) is 0 Å². The Morgan fingerprint density at radius 3 is 2.28 bits per heavy atom. The number of rotatable bonds is 9. The van der Waals surface area contributed by atoms with Gasteiger partial charge in [-0.05, 0) is 59.9 Å². The molecule has 0 aliphatic carbocycles. The Bertz CT molecular complexity index is 909. The number of hydrogen-bond donors (Lipinski definition) is 1. The van der Waals surface area contributed by atoms with Crippen LogP contribution in [0.3, 0.4) is 0 Å².